The van der Waals surface area contributed by atoms with Gasteiger partial charge in [-0.05, 0) is 55.0 Å². The topological polar surface area (TPSA) is 34.1 Å². The fourth-order valence-electron chi connectivity index (χ4n) is 2.38. The number of Topliss-reactive ketones (excluding diaryl/α,β-unsaturated/α-hetero) is 1. The number of halogens is 2. The molecule has 2 nitrogen and oxygen atoms in total. The Hall–Kier alpha value is -0.560. The van der Waals surface area contributed by atoms with Crippen LogP contribution in [0.25, 0.3) is 0 Å². The zero-order chi connectivity index (χ0) is 19.5. The molecule has 2 aromatic carbocycles. The maximum absolute atomic E-state index is 12.1. The molecule has 6 heteroatoms. The van der Waals surface area contributed by atoms with Crippen LogP contribution >= 0.6 is 55.4 Å². The van der Waals surface area contributed by atoms with Gasteiger partial charge in [0.05, 0.1) is 5.75 Å². The van der Waals surface area contributed by atoms with Crippen LogP contribution in [0.4, 0.5) is 0 Å². The zero-order valence-corrected chi connectivity index (χ0v) is 19.8. The quantitative estimate of drug-likeness (QED) is 0.226. The Morgan fingerprint density at radius 2 is 1.22 bits per heavy atom. The predicted octanol–water partition coefficient (Wildman–Crippen LogP) is 7.26. The Kier molecular flexibility index (Phi) is 10.8. The molecule has 144 valence electrons. The number of hydrogen-bond donors (Lipinski definition) is 0. The van der Waals surface area contributed by atoms with Crippen LogP contribution in [0, 0.1) is 0 Å². The summed E-state index contributed by atoms with van der Waals surface area (Å²) >= 11 is 9.85. The lowest BCUT2D eigenvalue weighted by molar-refractivity contribution is 0.102. The molecule has 0 amide bonds. The van der Waals surface area contributed by atoms with Crippen molar-refractivity contribution >= 4 is 66.3 Å². The van der Waals surface area contributed by atoms with E-state index in [0.717, 1.165) is 57.3 Å². The number of thioether (sulfide) groups is 2. The lowest BCUT2D eigenvalue weighted by Crippen LogP contribution is -2.02. The summed E-state index contributed by atoms with van der Waals surface area (Å²) in [4.78, 5) is 24.1. The zero-order valence-electron chi connectivity index (χ0n) is 15.0. The van der Waals surface area contributed by atoms with Crippen LogP contribution in [0.5, 0.6) is 0 Å². The van der Waals surface area contributed by atoms with Crippen molar-refractivity contribution in [1.82, 2.24) is 0 Å². The number of carbonyl (C=O) groups excluding carboxylic acids is 2. The molecule has 0 aliphatic rings. The second-order valence-corrected chi connectivity index (χ2v) is 10.0. The van der Waals surface area contributed by atoms with E-state index in [9.17, 15) is 9.59 Å². The molecule has 0 aliphatic carbocycles. The molecule has 0 unspecified atom stereocenters. The Labute approximate surface area is 186 Å². The van der Waals surface area contributed by atoms with Gasteiger partial charge >= 0.3 is 0 Å². The Morgan fingerprint density at radius 1 is 0.704 bits per heavy atom. The van der Waals surface area contributed by atoms with Gasteiger partial charge in [-0.1, -0.05) is 68.6 Å². The molecule has 0 spiro atoms. The van der Waals surface area contributed by atoms with E-state index in [-0.39, 0.29) is 10.9 Å². The van der Waals surface area contributed by atoms with Crippen LogP contribution in [0.2, 0.25) is 0 Å². The largest absolute Gasteiger partial charge is 0.293 e. The van der Waals surface area contributed by atoms with Crippen LogP contribution in [-0.4, -0.2) is 28.2 Å². The highest BCUT2D eigenvalue weighted by Gasteiger charge is 2.07. The van der Waals surface area contributed by atoms with Gasteiger partial charge in [0.15, 0.2) is 5.78 Å². The first-order chi connectivity index (χ1) is 13.1. The lowest BCUT2D eigenvalue weighted by atomic mass is 10.2. The van der Waals surface area contributed by atoms with Gasteiger partial charge in [-0.15, -0.1) is 0 Å². The monoisotopic (exact) mass is 528 g/mol. The molecule has 0 N–H and O–H groups in total. The van der Waals surface area contributed by atoms with Crippen LogP contribution in [0.3, 0.4) is 0 Å². The van der Waals surface area contributed by atoms with E-state index in [1.54, 1.807) is 11.8 Å². The minimum Gasteiger partial charge on any atom is -0.293 e. The summed E-state index contributed by atoms with van der Waals surface area (Å²) in [5.74, 6) is 2.60. The molecule has 0 aliphatic heterocycles. The summed E-state index contributed by atoms with van der Waals surface area (Å²) in [6, 6.07) is 15.0. The van der Waals surface area contributed by atoms with Crippen molar-refractivity contribution in [3.63, 3.8) is 0 Å². The molecule has 0 bridgehead atoms. The molecule has 0 atom stereocenters. The molecule has 0 heterocycles. The molecular weight excluding hydrogens is 508 g/mol. The second kappa shape index (κ2) is 12.8. The van der Waals surface area contributed by atoms with E-state index in [0.29, 0.717) is 5.75 Å². The first-order valence-corrected chi connectivity index (χ1v) is 12.6. The summed E-state index contributed by atoms with van der Waals surface area (Å²) in [7, 11) is 0. The van der Waals surface area contributed by atoms with E-state index in [2.05, 4.69) is 31.9 Å². The number of unbranched alkanes of at least 4 members (excludes halogenated alkanes) is 3. The van der Waals surface area contributed by atoms with Gasteiger partial charge < -0.3 is 0 Å². The summed E-state index contributed by atoms with van der Waals surface area (Å²) in [5.41, 5.74) is 1.54. The average Bonchev–Trinajstić information content (AvgIpc) is 2.67. The molecule has 0 saturated heterocycles. The third-order valence-corrected chi connectivity index (χ3v) is 6.99. The maximum Gasteiger partial charge on any atom is 0.219 e. The van der Waals surface area contributed by atoms with E-state index in [4.69, 9.17) is 0 Å². The van der Waals surface area contributed by atoms with Crippen molar-refractivity contribution < 1.29 is 9.59 Å². The third-order valence-electron chi connectivity index (χ3n) is 3.90. The summed E-state index contributed by atoms with van der Waals surface area (Å²) in [5, 5.41) is 0.143. The van der Waals surface area contributed by atoms with Crippen LogP contribution in [0.1, 0.15) is 46.4 Å². The third kappa shape index (κ3) is 8.99. The van der Waals surface area contributed by atoms with Gasteiger partial charge in [-0.3, -0.25) is 9.59 Å². The molecule has 0 radical (unpaired) electrons. The number of rotatable bonds is 11. The first kappa shape index (κ1) is 22.7. The SMILES string of the molecule is O=C(CSCCCCCCSC(=O)c1ccc(Br)cc1)c1ccc(Br)cc1. The second-order valence-electron chi connectivity index (χ2n) is 6.04. The minimum atomic E-state index is 0.143. The Morgan fingerprint density at radius 3 is 1.81 bits per heavy atom. The molecule has 0 fully saturated rings. The van der Waals surface area contributed by atoms with Gasteiger partial charge in [-0.2, -0.15) is 11.8 Å². The summed E-state index contributed by atoms with van der Waals surface area (Å²) < 4.78 is 1.98. The summed E-state index contributed by atoms with van der Waals surface area (Å²) in [6.45, 7) is 0. The Bertz CT molecular complexity index is 667. The lowest BCUT2D eigenvalue weighted by Gasteiger charge is -2.03. The smallest absolute Gasteiger partial charge is 0.219 e. The number of carbonyl (C=O) groups is 2. The first-order valence-electron chi connectivity index (χ1n) is 8.85. The molecule has 0 saturated carbocycles. The van der Waals surface area contributed by atoms with Crippen LogP contribution in [0.15, 0.2) is 57.5 Å². The van der Waals surface area contributed by atoms with Crippen molar-refractivity contribution in [1.29, 1.82) is 0 Å². The van der Waals surface area contributed by atoms with Crippen molar-refractivity contribution in [2.24, 2.45) is 0 Å². The van der Waals surface area contributed by atoms with Gasteiger partial charge in [0.1, 0.15) is 0 Å². The molecular formula is C21H22Br2O2S2. The van der Waals surface area contributed by atoms with Crippen molar-refractivity contribution in [2.45, 2.75) is 25.7 Å². The predicted molar refractivity (Wildman–Crippen MR) is 125 cm³/mol. The van der Waals surface area contributed by atoms with Gasteiger partial charge in [0, 0.05) is 25.8 Å². The summed E-state index contributed by atoms with van der Waals surface area (Å²) in [6.07, 6.45) is 4.44. The van der Waals surface area contributed by atoms with Gasteiger partial charge in [0.2, 0.25) is 5.12 Å². The Balaban J connectivity index is 1.47. The number of benzene rings is 2. The van der Waals surface area contributed by atoms with E-state index in [1.807, 2.05) is 48.5 Å². The highest BCUT2D eigenvalue weighted by molar-refractivity contribution is 9.10. The molecule has 27 heavy (non-hydrogen) atoms. The fourth-order valence-corrected chi connectivity index (χ4v) is 4.65. The average molecular weight is 530 g/mol. The molecule has 2 aromatic rings. The van der Waals surface area contributed by atoms with Gasteiger partial charge in [-0.25, -0.2) is 0 Å². The minimum absolute atomic E-state index is 0.143. The highest BCUT2D eigenvalue weighted by Crippen LogP contribution is 2.18. The maximum atomic E-state index is 12.1. The van der Waals surface area contributed by atoms with Crippen molar-refractivity contribution in [3.8, 4) is 0 Å². The van der Waals surface area contributed by atoms with Crippen LogP contribution < -0.4 is 0 Å². The highest BCUT2D eigenvalue weighted by atomic mass is 79.9. The normalized spacial score (nSPS) is 10.7. The van der Waals surface area contributed by atoms with E-state index < -0.39 is 0 Å². The van der Waals surface area contributed by atoms with Crippen LogP contribution in [-0.2, 0) is 0 Å². The van der Waals surface area contributed by atoms with E-state index >= 15 is 0 Å². The molecule has 2 rings (SSSR count). The fraction of sp³-hybridized carbons (Fsp3) is 0.333. The standard InChI is InChI=1S/C21H22Br2O2S2/c22-18-9-5-16(6-10-18)20(24)15-26-13-3-1-2-4-14-27-21(25)17-7-11-19(23)12-8-17/h5-12H,1-4,13-15H2. The van der Waals surface area contributed by atoms with Gasteiger partial charge in [0.25, 0.3) is 0 Å². The van der Waals surface area contributed by atoms with Crippen molar-refractivity contribution in [3.05, 3.63) is 68.6 Å². The van der Waals surface area contributed by atoms with Crippen molar-refractivity contribution in [2.75, 3.05) is 17.3 Å². The molecule has 0 aromatic heterocycles. The number of ketones is 1. The van der Waals surface area contributed by atoms with E-state index in [1.165, 1.54) is 11.8 Å². The number of hydrogen-bond acceptors (Lipinski definition) is 4.